The number of aldehydes is 1. The van der Waals surface area contributed by atoms with Crippen molar-refractivity contribution in [3.63, 3.8) is 0 Å². The van der Waals surface area contributed by atoms with Gasteiger partial charge in [0, 0.05) is 24.2 Å². The fourth-order valence-corrected chi connectivity index (χ4v) is 4.51. The number of nitrogens with zero attached hydrogens (tertiary/aromatic N) is 1. The molecule has 4 rings (SSSR count). The minimum Gasteiger partial charge on any atom is -0.313 e. The largest absolute Gasteiger partial charge is 0.404 e. The molecule has 0 bridgehead atoms. The monoisotopic (exact) mass is 374 g/mol. The Bertz CT molecular complexity index is 900. The van der Waals surface area contributed by atoms with Gasteiger partial charge < -0.3 is 9.69 Å². The fraction of sp³-hybridized carbons (Fsp3) is 0.300. The van der Waals surface area contributed by atoms with Crippen LogP contribution in [0, 0.1) is 5.92 Å². The summed E-state index contributed by atoms with van der Waals surface area (Å²) in [6.45, 7) is 0. The van der Waals surface area contributed by atoms with Gasteiger partial charge in [-0.1, -0.05) is 48.5 Å². The Balaban J connectivity index is 1.96. The molecule has 0 unspecified atom stereocenters. The van der Waals surface area contributed by atoms with Crippen LogP contribution in [0.1, 0.15) is 17.0 Å². The molecule has 2 aromatic carbocycles. The quantitative estimate of drug-likeness (QED) is 0.823. The first-order chi connectivity index (χ1) is 12.8. The molecule has 0 aliphatic carbocycles. The van der Waals surface area contributed by atoms with Gasteiger partial charge in [0.15, 0.2) is 0 Å². The molecule has 2 aliphatic heterocycles. The number of carbonyl (C=O) groups is 2. The number of anilines is 1. The van der Waals surface area contributed by atoms with Crippen molar-refractivity contribution in [2.45, 2.75) is 23.7 Å². The first-order valence-electron chi connectivity index (χ1n) is 8.54. The van der Waals surface area contributed by atoms with Gasteiger partial charge in [-0.2, -0.15) is 13.2 Å². The van der Waals surface area contributed by atoms with Crippen LogP contribution in [0.3, 0.4) is 0 Å². The summed E-state index contributed by atoms with van der Waals surface area (Å²) in [5.74, 6) is -2.94. The van der Waals surface area contributed by atoms with Gasteiger partial charge in [-0.15, -0.1) is 0 Å². The van der Waals surface area contributed by atoms with Crippen molar-refractivity contribution in [3.8, 4) is 0 Å². The summed E-state index contributed by atoms with van der Waals surface area (Å²) in [5, 5.41) is 2.54. The molecule has 27 heavy (non-hydrogen) atoms. The third-order valence-electron chi connectivity index (χ3n) is 5.65. The summed E-state index contributed by atoms with van der Waals surface area (Å²) in [6.07, 6.45) is -4.13. The molecular weight excluding hydrogens is 357 g/mol. The number of hydrogen-bond acceptors (Lipinski definition) is 3. The molecule has 0 saturated carbocycles. The van der Waals surface area contributed by atoms with Crippen LogP contribution in [0.15, 0.2) is 54.6 Å². The standard InChI is InChI=1S/C20H17F3N2O2/c1-25-15-10-6-5-9-13(15)19(18(25)27)14(11-26)16(12-7-3-2-4-8-12)17(24-19)20(21,22)23/h2-11,14,16-17,24H,1H3/t14-,16-,17-,19-/m1/s1. The molecule has 1 fully saturated rings. The smallest absolute Gasteiger partial charge is 0.313 e. The van der Waals surface area contributed by atoms with Crippen LogP contribution in [0.4, 0.5) is 18.9 Å². The molecule has 140 valence electrons. The van der Waals surface area contributed by atoms with Gasteiger partial charge in [-0.3, -0.25) is 10.1 Å². The molecule has 0 aromatic heterocycles. The Hall–Kier alpha value is -2.67. The van der Waals surface area contributed by atoms with E-state index in [2.05, 4.69) is 5.32 Å². The van der Waals surface area contributed by atoms with E-state index in [1.54, 1.807) is 54.6 Å². The fourth-order valence-electron chi connectivity index (χ4n) is 4.51. The van der Waals surface area contributed by atoms with Gasteiger partial charge in [-0.05, 0) is 11.6 Å². The van der Waals surface area contributed by atoms with Gasteiger partial charge >= 0.3 is 6.18 Å². The molecular formula is C20H17F3N2O2. The first kappa shape index (κ1) is 17.7. The first-order valence-corrected chi connectivity index (χ1v) is 8.54. The lowest BCUT2D eigenvalue weighted by Gasteiger charge is -2.28. The number of amides is 1. The van der Waals surface area contributed by atoms with E-state index in [-0.39, 0.29) is 0 Å². The van der Waals surface area contributed by atoms with Crippen molar-refractivity contribution in [1.82, 2.24) is 5.32 Å². The van der Waals surface area contributed by atoms with Crippen molar-refractivity contribution < 1.29 is 22.8 Å². The van der Waals surface area contributed by atoms with Gasteiger partial charge in [0.05, 0.1) is 5.92 Å². The molecule has 4 nitrogen and oxygen atoms in total. The lowest BCUT2D eigenvalue weighted by atomic mass is 9.73. The number of alkyl halides is 3. The molecule has 2 aliphatic rings. The predicted octanol–water partition coefficient (Wildman–Crippen LogP) is 2.99. The van der Waals surface area contributed by atoms with E-state index in [0.717, 1.165) is 0 Å². The van der Waals surface area contributed by atoms with E-state index in [0.29, 0.717) is 23.1 Å². The normalized spacial score (nSPS) is 30.0. The number of nitrogens with one attached hydrogen (secondary N) is 1. The zero-order valence-electron chi connectivity index (χ0n) is 14.4. The second kappa shape index (κ2) is 5.92. The van der Waals surface area contributed by atoms with Crippen molar-refractivity contribution in [3.05, 3.63) is 65.7 Å². The van der Waals surface area contributed by atoms with Crippen LogP contribution < -0.4 is 10.2 Å². The van der Waals surface area contributed by atoms with Crippen LogP contribution in [0.2, 0.25) is 0 Å². The van der Waals surface area contributed by atoms with Crippen molar-refractivity contribution in [2.24, 2.45) is 5.92 Å². The SMILES string of the molecule is CN1C(=O)[C@@]2(N[C@@H](C(F)(F)F)[C@H](c3ccccc3)[C@H]2C=O)c2ccccc21. The maximum absolute atomic E-state index is 13.9. The summed E-state index contributed by atoms with van der Waals surface area (Å²) in [7, 11) is 1.51. The van der Waals surface area contributed by atoms with Gasteiger partial charge in [0.25, 0.3) is 5.91 Å². The highest BCUT2D eigenvalue weighted by Crippen LogP contribution is 2.55. The number of para-hydroxylation sites is 1. The van der Waals surface area contributed by atoms with Crippen molar-refractivity contribution in [2.75, 3.05) is 11.9 Å². The minimum atomic E-state index is -4.62. The average Bonchev–Trinajstić information content (AvgIpc) is 3.13. The number of rotatable bonds is 2. The van der Waals surface area contributed by atoms with Gasteiger partial charge in [0.2, 0.25) is 0 Å². The molecule has 2 aromatic rings. The predicted molar refractivity (Wildman–Crippen MR) is 93.2 cm³/mol. The van der Waals surface area contributed by atoms with Gasteiger partial charge in [-0.25, -0.2) is 0 Å². The second-order valence-corrected chi connectivity index (χ2v) is 6.95. The summed E-state index contributed by atoms with van der Waals surface area (Å²) < 4.78 is 41.8. The Morgan fingerprint density at radius 1 is 1.07 bits per heavy atom. The summed E-state index contributed by atoms with van der Waals surface area (Å²) in [5.41, 5.74) is -0.437. The van der Waals surface area contributed by atoms with E-state index in [9.17, 15) is 22.8 Å². The van der Waals surface area contributed by atoms with Crippen molar-refractivity contribution in [1.29, 1.82) is 0 Å². The highest BCUT2D eigenvalue weighted by Gasteiger charge is 2.68. The highest BCUT2D eigenvalue weighted by molar-refractivity contribution is 6.09. The molecule has 1 amide bonds. The van der Waals surface area contributed by atoms with Crippen LogP contribution in [-0.4, -0.2) is 31.5 Å². The maximum atomic E-state index is 13.9. The molecule has 2 heterocycles. The van der Waals surface area contributed by atoms with E-state index < -0.39 is 35.5 Å². The molecule has 1 spiro atoms. The van der Waals surface area contributed by atoms with Crippen LogP contribution in [0.25, 0.3) is 0 Å². The Kier molecular flexibility index (Phi) is 3.89. The summed E-state index contributed by atoms with van der Waals surface area (Å²) in [6, 6.07) is 12.7. The maximum Gasteiger partial charge on any atom is 0.404 e. The Morgan fingerprint density at radius 3 is 2.33 bits per heavy atom. The number of benzene rings is 2. The topological polar surface area (TPSA) is 49.4 Å². The molecule has 7 heteroatoms. The molecule has 1 saturated heterocycles. The zero-order chi connectivity index (χ0) is 19.4. The number of hydrogen-bond donors (Lipinski definition) is 1. The molecule has 0 radical (unpaired) electrons. The highest BCUT2D eigenvalue weighted by atomic mass is 19.4. The lowest BCUT2D eigenvalue weighted by Crippen LogP contribution is -2.54. The van der Waals surface area contributed by atoms with Crippen LogP contribution in [0.5, 0.6) is 0 Å². The number of halogens is 3. The second-order valence-electron chi connectivity index (χ2n) is 6.95. The third-order valence-corrected chi connectivity index (χ3v) is 5.65. The number of fused-ring (bicyclic) bond motifs is 2. The van der Waals surface area contributed by atoms with Crippen molar-refractivity contribution >= 4 is 17.9 Å². The number of likely N-dealkylation sites (N-methyl/N-ethyl adjacent to an activating group) is 1. The van der Waals surface area contributed by atoms with E-state index in [1.165, 1.54) is 11.9 Å². The van der Waals surface area contributed by atoms with Crippen LogP contribution in [-0.2, 0) is 15.1 Å². The molecule has 4 atom stereocenters. The number of carbonyl (C=O) groups excluding carboxylic acids is 2. The average molecular weight is 374 g/mol. The lowest BCUT2D eigenvalue weighted by molar-refractivity contribution is -0.158. The summed E-state index contributed by atoms with van der Waals surface area (Å²) >= 11 is 0. The third kappa shape index (κ3) is 2.34. The van der Waals surface area contributed by atoms with Crippen LogP contribution >= 0.6 is 0 Å². The van der Waals surface area contributed by atoms with E-state index in [1.807, 2.05) is 0 Å². The van der Waals surface area contributed by atoms with Gasteiger partial charge in [0.1, 0.15) is 17.9 Å². The Labute approximate surface area is 154 Å². The summed E-state index contributed by atoms with van der Waals surface area (Å²) in [4.78, 5) is 26.6. The Morgan fingerprint density at radius 2 is 1.70 bits per heavy atom. The minimum absolute atomic E-state index is 0.376. The zero-order valence-corrected chi connectivity index (χ0v) is 14.4. The molecule has 1 N–H and O–H groups in total. The van der Waals surface area contributed by atoms with E-state index in [4.69, 9.17) is 0 Å². The van der Waals surface area contributed by atoms with E-state index >= 15 is 0 Å².